The number of nitrogens with one attached hydrogen (secondary N) is 1. The summed E-state index contributed by atoms with van der Waals surface area (Å²) in [6.45, 7) is 3.42. The zero-order chi connectivity index (χ0) is 10.3. The smallest absolute Gasteiger partial charge is 0.353 e. The summed E-state index contributed by atoms with van der Waals surface area (Å²) in [5.74, 6) is -2.15. The predicted octanol–water partition coefficient (Wildman–Crippen LogP) is -0.362. The zero-order valence-corrected chi connectivity index (χ0v) is 6.93. The molecule has 0 rings (SSSR count). The Morgan fingerprint density at radius 3 is 2.62 bits per heavy atom. The van der Waals surface area contributed by atoms with Gasteiger partial charge in [-0.05, 0) is 12.5 Å². The van der Waals surface area contributed by atoms with Gasteiger partial charge in [0.15, 0.2) is 0 Å². The summed E-state index contributed by atoms with van der Waals surface area (Å²) in [4.78, 5) is 20.8. The summed E-state index contributed by atoms with van der Waals surface area (Å²) in [6.07, 6.45) is 2.86. The summed E-state index contributed by atoms with van der Waals surface area (Å²) in [7, 11) is 0. The number of carboxylic acids is 1. The first kappa shape index (κ1) is 11.4. The van der Waals surface area contributed by atoms with Gasteiger partial charge < -0.3 is 15.5 Å². The van der Waals surface area contributed by atoms with Gasteiger partial charge in [0.25, 0.3) is 0 Å². The Balaban J connectivity index is 3.87. The third-order valence-electron chi connectivity index (χ3n) is 1.08. The third-order valence-corrected chi connectivity index (χ3v) is 1.08. The second kappa shape index (κ2) is 5.96. The molecular formula is C8H11NO4. The maximum Gasteiger partial charge on any atom is 0.353 e. The number of hydrogen-bond donors (Lipinski definition) is 3. The van der Waals surface area contributed by atoms with Gasteiger partial charge in [0.05, 0.1) is 0 Å². The van der Waals surface area contributed by atoms with Crippen molar-refractivity contribution in [3.63, 3.8) is 0 Å². The van der Waals surface area contributed by atoms with E-state index in [2.05, 4.69) is 6.58 Å². The first-order valence-corrected chi connectivity index (χ1v) is 3.56. The number of aliphatic hydroxyl groups is 1. The van der Waals surface area contributed by atoms with Crippen LogP contribution in [0, 0.1) is 0 Å². The molecule has 0 spiro atoms. The number of aliphatic hydroxyl groups excluding tert-OH is 1. The molecule has 72 valence electrons. The Labute approximate surface area is 75.4 Å². The van der Waals surface area contributed by atoms with E-state index in [0.29, 0.717) is 6.42 Å². The second-order valence-corrected chi connectivity index (χ2v) is 2.18. The lowest BCUT2D eigenvalue weighted by molar-refractivity contribution is -0.150. The van der Waals surface area contributed by atoms with Crippen molar-refractivity contribution < 1.29 is 19.8 Å². The van der Waals surface area contributed by atoms with Crippen molar-refractivity contribution in [3.8, 4) is 0 Å². The second-order valence-electron chi connectivity index (χ2n) is 2.18. The van der Waals surface area contributed by atoms with Crippen molar-refractivity contribution in [3.05, 3.63) is 24.8 Å². The van der Waals surface area contributed by atoms with E-state index in [1.807, 2.05) is 5.32 Å². The molecule has 0 saturated carbocycles. The molecular weight excluding hydrogens is 174 g/mol. The van der Waals surface area contributed by atoms with E-state index in [1.165, 1.54) is 6.08 Å². The Morgan fingerprint density at radius 1 is 1.54 bits per heavy atom. The van der Waals surface area contributed by atoms with Crippen LogP contribution in [0.4, 0.5) is 0 Å². The number of carbonyl (C=O) groups is 2. The van der Waals surface area contributed by atoms with Gasteiger partial charge >= 0.3 is 5.97 Å². The fraction of sp³-hybridized carbons (Fsp3) is 0.250. The number of carboxylic acid groups (broad SMARTS) is 1. The molecule has 0 aromatic rings. The minimum absolute atomic E-state index is 0.511. The van der Waals surface area contributed by atoms with Crippen molar-refractivity contribution in [2.24, 2.45) is 0 Å². The van der Waals surface area contributed by atoms with Crippen LogP contribution in [0.25, 0.3) is 0 Å². The lowest BCUT2D eigenvalue weighted by Gasteiger charge is -2.04. The molecule has 3 N–H and O–H groups in total. The van der Waals surface area contributed by atoms with Crippen LogP contribution in [0.5, 0.6) is 0 Å². The fourth-order valence-corrected chi connectivity index (χ4v) is 0.516. The van der Waals surface area contributed by atoms with E-state index in [0.717, 1.165) is 6.08 Å². The Kier molecular flexibility index (Phi) is 5.22. The molecule has 0 aliphatic heterocycles. The van der Waals surface area contributed by atoms with Crippen molar-refractivity contribution in [1.82, 2.24) is 5.32 Å². The van der Waals surface area contributed by atoms with Crippen LogP contribution in [0.2, 0.25) is 0 Å². The summed E-state index contributed by atoms with van der Waals surface area (Å²) >= 11 is 0. The molecule has 0 saturated heterocycles. The van der Waals surface area contributed by atoms with Crippen LogP contribution in [0.1, 0.15) is 6.42 Å². The summed E-state index contributed by atoms with van der Waals surface area (Å²) < 4.78 is 0. The van der Waals surface area contributed by atoms with Gasteiger partial charge in [0, 0.05) is 0 Å². The maximum absolute atomic E-state index is 10.8. The normalized spacial score (nSPS) is 12.4. The quantitative estimate of drug-likeness (QED) is 0.310. The average molecular weight is 185 g/mol. The van der Waals surface area contributed by atoms with Gasteiger partial charge in [-0.1, -0.05) is 12.2 Å². The Morgan fingerprint density at radius 2 is 2.15 bits per heavy atom. The van der Waals surface area contributed by atoms with Crippen LogP contribution in [0.3, 0.4) is 0 Å². The predicted molar refractivity (Wildman–Crippen MR) is 45.7 cm³/mol. The number of amides is 1. The topological polar surface area (TPSA) is 86.6 Å². The molecule has 5 heteroatoms. The molecule has 0 aromatic carbocycles. The van der Waals surface area contributed by atoms with Gasteiger partial charge in [-0.15, -0.1) is 6.58 Å². The molecule has 0 aromatic heterocycles. The third kappa shape index (κ3) is 5.63. The van der Waals surface area contributed by atoms with E-state index in [-0.39, 0.29) is 0 Å². The highest BCUT2D eigenvalue weighted by atomic mass is 16.4. The molecule has 1 amide bonds. The van der Waals surface area contributed by atoms with Gasteiger partial charge in [-0.2, -0.15) is 0 Å². The van der Waals surface area contributed by atoms with Gasteiger partial charge in [0.2, 0.25) is 12.1 Å². The van der Waals surface area contributed by atoms with Crippen LogP contribution < -0.4 is 5.32 Å². The first-order valence-electron chi connectivity index (χ1n) is 3.56. The Bertz CT molecular complexity index is 234. The Hall–Kier alpha value is -1.62. The van der Waals surface area contributed by atoms with Gasteiger partial charge in [0.1, 0.15) is 0 Å². The first-order chi connectivity index (χ1) is 6.07. The molecule has 0 aliphatic carbocycles. The van der Waals surface area contributed by atoms with Gasteiger partial charge in [-0.3, -0.25) is 4.79 Å². The summed E-state index contributed by atoms with van der Waals surface area (Å²) in [5.41, 5.74) is 0. The number of allylic oxidation sites excluding steroid dienone is 2. The standard InChI is InChI=1S/C8H11NO4/c1-2-3-4-5-6(10)9-7(11)8(12)13/h2,4-5,7,11H,1,3H2,(H,9,10)(H,12,13). The lowest BCUT2D eigenvalue weighted by Crippen LogP contribution is -2.39. The lowest BCUT2D eigenvalue weighted by atomic mass is 10.3. The number of hydrogen-bond acceptors (Lipinski definition) is 3. The SMILES string of the molecule is C=CCC=CC(=O)NC(O)C(=O)O. The fourth-order valence-electron chi connectivity index (χ4n) is 0.516. The van der Waals surface area contributed by atoms with Crippen molar-refractivity contribution in [2.75, 3.05) is 0 Å². The van der Waals surface area contributed by atoms with E-state index in [4.69, 9.17) is 10.2 Å². The highest BCUT2D eigenvalue weighted by Gasteiger charge is 2.13. The van der Waals surface area contributed by atoms with Crippen LogP contribution in [0.15, 0.2) is 24.8 Å². The van der Waals surface area contributed by atoms with Crippen molar-refractivity contribution in [1.29, 1.82) is 0 Å². The highest BCUT2D eigenvalue weighted by molar-refractivity contribution is 5.90. The number of aliphatic carboxylic acids is 1. The van der Waals surface area contributed by atoms with Crippen LogP contribution in [-0.2, 0) is 9.59 Å². The monoisotopic (exact) mass is 185 g/mol. The largest absolute Gasteiger partial charge is 0.478 e. The molecule has 0 aliphatic rings. The highest BCUT2D eigenvalue weighted by Crippen LogP contribution is 1.84. The molecule has 0 radical (unpaired) electrons. The molecule has 5 nitrogen and oxygen atoms in total. The van der Waals surface area contributed by atoms with E-state index in [1.54, 1.807) is 6.08 Å². The van der Waals surface area contributed by atoms with E-state index >= 15 is 0 Å². The maximum atomic E-state index is 10.8. The minimum Gasteiger partial charge on any atom is -0.478 e. The summed E-state index contributed by atoms with van der Waals surface area (Å²) in [5, 5.41) is 18.7. The van der Waals surface area contributed by atoms with Crippen molar-refractivity contribution >= 4 is 11.9 Å². The van der Waals surface area contributed by atoms with Crippen LogP contribution in [-0.4, -0.2) is 28.3 Å². The molecule has 0 heterocycles. The van der Waals surface area contributed by atoms with Crippen molar-refractivity contribution in [2.45, 2.75) is 12.6 Å². The van der Waals surface area contributed by atoms with Crippen LogP contribution >= 0.6 is 0 Å². The number of rotatable bonds is 5. The minimum atomic E-state index is -1.86. The van der Waals surface area contributed by atoms with E-state index in [9.17, 15) is 9.59 Å². The zero-order valence-electron chi connectivity index (χ0n) is 6.93. The molecule has 1 unspecified atom stereocenters. The molecule has 0 fully saturated rings. The average Bonchev–Trinajstić information content (AvgIpc) is 2.04. The van der Waals surface area contributed by atoms with E-state index < -0.39 is 18.1 Å². The molecule has 0 bridgehead atoms. The number of carbonyl (C=O) groups excluding carboxylic acids is 1. The molecule has 13 heavy (non-hydrogen) atoms. The summed E-state index contributed by atoms with van der Waals surface area (Å²) in [6, 6.07) is 0. The molecule has 1 atom stereocenters. The van der Waals surface area contributed by atoms with Gasteiger partial charge in [-0.25, -0.2) is 4.79 Å².